The molecule has 1 atom stereocenters. The highest BCUT2D eigenvalue weighted by atomic mass is 16.5. The molecule has 0 aliphatic heterocycles. The van der Waals surface area contributed by atoms with E-state index in [0.29, 0.717) is 6.42 Å². The third-order valence-electron chi connectivity index (χ3n) is 2.22. The van der Waals surface area contributed by atoms with Crippen LogP contribution in [0.5, 0.6) is 0 Å². The van der Waals surface area contributed by atoms with Crippen LogP contribution in [-0.4, -0.2) is 36.7 Å². The average molecular weight is 231 g/mol. The first-order chi connectivity index (χ1) is 7.61. The molecule has 5 nitrogen and oxygen atoms in total. The van der Waals surface area contributed by atoms with Crippen molar-refractivity contribution < 1.29 is 19.4 Å². The number of aliphatic carboxylic acids is 1. The van der Waals surface area contributed by atoms with Crippen LogP contribution in [0.2, 0.25) is 0 Å². The second kappa shape index (κ2) is 9.15. The SMILES string of the molecule is CCCCCCC(=O)N[C@@H](COC)C(=O)O. The van der Waals surface area contributed by atoms with Crippen LogP contribution in [0.15, 0.2) is 0 Å². The van der Waals surface area contributed by atoms with Gasteiger partial charge in [0.2, 0.25) is 5.91 Å². The summed E-state index contributed by atoms with van der Waals surface area (Å²) in [7, 11) is 1.41. The number of ether oxygens (including phenoxy) is 1. The Balaban J connectivity index is 3.77. The van der Waals surface area contributed by atoms with E-state index in [1.54, 1.807) is 0 Å². The second-order valence-corrected chi connectivity index (χ2v) is 3.72. The molecule has 0 aromatic rings. The Morgan fingerprint density at radius 3 is 2.50 bits per heavy atom. The molecule has 0 saturated carbocycles. The lowest BCUT2D eigenvalue weighted by molar-refractivity contribution is -0.143. The Morgan fingerprint density at radius 2 is 2.00 bits per heavy atom. The van der Waals surface area contributed by atoms with Crippen molar-refractivity contribution >= 4 is 11.9 Å². The maximum Gasteiger partial charge on any atom is 0.328 e. The standard InChI is InChI=1S/C11H21NO4/c1-3-4-5-6-7-10(13)12-9(8-16-2)11(14)15/h9H,3-8H2,1-2H3,(H,12,13)(H,14,15)/t9-/m0/s1. The van der Waals surface area contributed by atoms with Crippen molar-refractivity contribution in [2.75, 3.05) is 13.7 Å². The Morgan fingerprint density at radius 1 is 1.31 bits per heavy atom. The van der Waals surface area contributed by atoms with Gasteiger partial charge in [-0.3, -0.25) is 4.79 Å². The number of methoxy groups -OCH3 is 1. The normalized spacial score (nSPS) is 12.1. The van der Waals surface area contributed by atoms with E-state index in [0.717, 1.165) is 25.7 Å². The van der Waals surface area contributed by atoms with Crippen LogP contribution < -0.4 is 5.32 Å². The Bertz CT molecular complexity index is 218. The molecular weight excluding hydrogens is 210 g/mol. The number of carboxylic acid groups (broad SMARTS) is 1. The molecule has 0 spiro atoms. The molecule has 5 heteroatoms. The van der Waals surface area contributed by atoms with Crippen molar-refractivity contribution in [3.05, 3.63) is 0 Å². The minimum Gasteiger partial charge on any atom is -0.480 e. The topological polar surface area (TPSA) is 75.6 Å². The molecule has 0 bridgehead atoms. The van der Waals surface area contributed by atoms with Crippen LogP contribution >= 0.6 is 0 Å². The number of amides is 1. The van der Waals surface area contributed by atoms with E-state index in [9.17, 15) is 9.59 Å². The number of carbonyl (C=O) groups is 2. The number of rotatable bonds is 9. The summed E-state index contributed by atoms with van der Waals surface area (Å²) >= 11 is 0. The lowest BCUT2D eigenvalue weighted by Crippen LogP contribution is -2.43. The van der Waals surface area contributed by atoms with Gasteiger partial charge in [-0.05, 0) is 6.42 Å². The minimum atomic E-state index is -1.07. The van der Waals surface area contributed by atoms with E-state index < -0.39 is 12.0 Å². The van der Waals surface area contributed by atoms with E-state index >= 15 is 0 Å². The van der Waals surface area contributed by atoms with Crippen molar-refractivity contribution in [3.63, 3.8) is 0 Å². The highest BCUT2D eigenvalue weighted by molar-refractivity contribution is 5.83. The van der Waals surface area contributed by atoms with Crippen LogP contribution in [0, 0.1) is 0 Å². The monoisotopic (exact) mass is 231 g/mol. The average Bonchev–Trinajstić information content (AvgIpc) is 2.23. The second-order valence-electron chi connectivity index (χ2n) is 3.72. The van der Waals surface area contributed by atoms with Crippen LogP contribution in [-0.2, 0) is 14.3 Å². The van der Waals surface area contributed by atoms with Crippen LogP contribution in [0.1, 0.15) is 39.0 Å². The molecular formula is C11H21NO4. The van der Waals surface area contributed by atoms with Crippen molar-refractivity contribution in [2.24, 2.45) is 0 Å². The van der Waals surface area contributed by atoms with Gasteiger partial charge in [0.1, 0.15) is 0 Å². The zero-order valence-corrected chi connectivity index (χ0v) is 9.99. The largest absolute Gasteiger partial charge is 0.480 e. The molecule has 0 aromatic carbocycles. The van der Waals surface area contributed by atoms with E-state index in [4.69, 9.17) is 9.84 Å². The molecule has 0 fully saturated rings. The maximum atomic E-state index is 11.4. The molecule has 1 amide bonds. The summed E-state index contributed by atoms with van der Waals surface area (Å²) in [6, 6.07) is -0.941. The van der Waals surface area contributed by atoms with Gasteiger partial charge in [0.05, 0.1) is 6.61 Å². The van der Waals surface area contributed by atoms with E-state index in [-0.39, 0.29) is 12.5 Å². The third kappa shape index (κ3) is 7.23. The molecule has 0 unspecified atom stereocenters. The molecule has 2 N–H and O–H groups in total. The first-order valence-electron chi connectivity index (χ1n) is 5.63. The zero-order valence-electron chi connectivity index (χ0n) is 9.99. The molecule has 94 valence electrons. The van der Waals surface area contributed by atoms with E-state index in [1.807, 2.05) is 0 Å². The van der Waals surface area contributed by atoms with Gasteiger partial charge in [-0.15, -0.1) is 0 Å². The van der Waals surface area contributed by atoms with Gasteiger partial charge in [0, 0.05) is 13.5 Å². The predicted octanol–water partition coefficient (Wildman–Crippen LogP) is 1.17. The Labute approximate surface area is 96.2 Å². The van der Waals surface area contributed by atoms with Gasteiger partial charge in [-0.1, -0.05) is 26.2 Å². The Hall–Kier alpha value is -1.10. The van der Waals surface area contributed by atoms with Crippen LogP contribution in [0.3, 0.4) is 0 Å². The zero-order chi connectivity index (χ0) is 12.4. The summed E-state index contributed by atoms with van der Waals surface area (Å²) in [5, 5.41) is 11.2. The molecule has 0 saturated heterocycles. The van der Waals surface area contributed by atoms with Gasteiger partial charge in [-0.25, -0.2) is 4.79 Å². The first kappa shape index (κ1) is 14.9. The fourth-order valence-electron chi connectivity index (χ4n) is 1.32. The number of hydrogen-bond donors (Lipinski definition) is 2. The fraction of sp³-hybridized carbons (Fsp3) is 0.818. The third-order valence-corrected chi connectivity index (χ3v) is 2.22. The fourth-order valence-corrected chi connectivity index (χ4v) is 1.32. The summed E-state index contributed by atoms with van der Waals surface area (Å²) < 4.78 is 4.71. The molecule has 0 rings (SSSR count). The predicted molar refractivity (Wildman–Crippen MR) is 60.2 cm³/mol. The van der Waals surface area contributed by atoms with E-state index in [2.05, 4.69) is 12.2 Å². The highest BCUT2D eigenvalue weighted by Gasteiger charge is 2.18. The van der Waals surface area contributed by atoms with Crippen LogP contribution in [0.4, 0.5) is 0 Å². The number of unbranched alkanes of at least 4 members (excludes halogenated alkanes) is 3. The van der Waals surface area contributed by atoms with Gasteiger partial charge in [0.15, 0.2) is 6.04 Å². The first-order valence-corrected chi connectivity index (χ1v) is 5.63. The van der Waals surface area contributed by atoms with Crippen molar-refractivity contribution in [2.45, 2.75) is 45.1 Å². The van der Waals surface area contributed by atoms with Crippen LogP contribution in [0.25, 0.3) is 0 Å². The van der Waals surface area contributed by atoms with Crippen molar-refractivity contribution in [1.29, 1.82) is 0 Å². The van der Waals surface area contributed by atoms with Gasteiger partial charge in [-0.2, -0.15) is 0 Å². The summed E-state index contributed by atoms with van der Waals surface area (Å²) in [5.41, 5.74) is 0. The Kier molecular flexibility index (Phi) is 8.52. The molecule has 0 aliphatic carbocycles. The molecule has 0 aliphatic rings. The lowest BCUT2D eigenvalue weighted by Gasteiger charge is -2.13. The summed E-state index contributed by atoms with van der Waals surface area (Å²) in [4.78, 5) is 22.1. The molecule has 0 radical (unpaired) electrons. The number of carbonyl (C=O) groups excluding carboxylic acids is 1. The van der Waals surface area contributed by atoms with Gasteiger partial charge < -0.3 is 15.2 Å². The van der Waals surface area contributed by atoms with Gasteiger partial charge in [0.25, 0.3) is 0 Å². The minimum absolute atomic E-state index is 0.00394. The summed E-state index contributed by atoms with van der Waals surface area (Å²) in [6.45, 7) is 2.09. The smallest absolute Gasteiger partial charge is 0.328 e. The van der Waals surface area contributed by atoms with Gasteiger partial charge >= 0.3 is 5.97 Å². The maximum absolute atomic E-state index is 11.4. The molecule has 0 aromatic heterocycles. The molecule has 16 heavy (non-hydrogen) atoms. The lowest BCUT2D eigenvalue weighted by atomic mass is 10.1. The summed E-state index contributed by atoms with van der Waals surface area (Å²) in [6.07, 6.45) is 4.41. The summed E-state index contributed by atoms with van der Waals surface area (Å²) in [5.74, 6) is -1.29. The van der Waals surface area contributed by atoms with Crippen molar-refractivity contribution in [3.8, 4) is 0 Å². The quantitative estimate of drug-likeness (QED) is 0.584. The van der Waals surface area contributed by atoms with E-state index in [1.165, 1.54) is 7.11 Å². The van der Waals surface area contributed by atoms with Crippen molar-refractivity contribution in [1.82, 2.24) is 5.32 Å². The number of nitrogens with one attached hydrogen (secondary N) is 1. The number of carboxylic acids is 1. The molecule has 0 heterocycles. The number of hydrogen-bond acceptors (Lipinski definition) is 3. The highest BCUT2D eigenvalue weighted by Crippen LogP contribution is 2.02.